The number of benzene rings is 1. The van der Waals surface area contributed by atoms with Crippen molar-refractivity contribution in [3.8, 4) is 0 Å². The van der Waals surface area contributed by atoms with Crippen molar-refractivity contribution in [2.45, 2.75) is 19.8 Å². The Balaban J connectivity index is 2.15. The van der Waals surface area contributed by atoms with E-state index in [1.54, 1.807) is 12.1 Å². The van der Waals surface area contributed by atoms with Crippen molar-refractivity contribution in [3.05, 3.63) is 29.8 Å². The Morgan fingerprint density at radius 1 is 1.50 bits per heavy atom. The van der Waals surface area contributed by atoms with Crippen LogP contribution in [0.2, 0.25) is 0 Å². The molecule has 1 aromatic carbocycles. The molecule has 3 nitrogen and oxygen atoms in total. The molecular formula is C13H17NO2. The van der Waals surface area contributed by atoms with Crippen LogP contribution >= 0.6 is 0 Å². The molecule has 3 heteroatoms. The Labute approximate surface area is 95.7 Å². The van der Waals surface area contributed by atoms with Crippen LogP contribution in [0.25, 0.3) is 0 Å². The van der Waals surface area contributed by atoms with Crippen LogP contribution in [0.5, 0.6) is 0 Å². The number of aromatic carboxylic acids is 1. The average molecular weight is 219 g/mol. The summed E-state index contributed by atoms with van der Waals surface area (Å²) in [5.41, 5.74) is 1.39. The molecule has 1 fully saturated rings. The molecule has 0 aliphatic heterocycles. The molecule has 0 unspecified atom stereocenters. The number of hydrogen-bond acceptors (Lipinski definition) is 2. The summed E-state index contributed by atoms with van der Waals surface area (Å²) < 4.78 is 0. The Bertz CT molecular complexity index is 385. The van der Waals surface area contributed by atoms with Gasteiger partial charge in [-0.15, -0.1) is 0 Å². The van der Waals surface area contributed by atoms with E-state index in [4.69, 9.17) is 5.11 Å². The fourth-order valence-corrected chi connectivity index (χ4v) is 1.86. The highest BCUT2D eigenvalue weighted by molar-refractivity contribution is 5.88. The Kier molecular flexibility index (Phi) is 3.13. The molecule has 0 bridgehead atoms. The lowest BCUT2D eigenvalue weighted by Gasteiger charge is -2.23. The maximum Gasteiger partial charge on any atom is 0.335 e. The number of carboxylic acid groups (broad SMARTS) is 1. The standard InChI is InChI=1S/C13H17NO2/c1-2-14(9-10-6-7-10)12-5-3-4-11(8-12)13(15)16/h3-5,8,10H,2,6-7,9H2,1H3,(H,15,16). The van der Waals surface area contributed by atoms with Crippen molar-refractivity contribution in [2.75, 3.05) is 18.0 Å². The largest absolute Gasteiger partial charge is 0.478 e. The van der Waals surface area contributed by atoms with Crippen molar-refractivity contribution in [3.63, 3.8) is 0 Å². The highest BCUT2D eigenvalue weighted by Gasteiger charge is 2.24. The van der Waals surface area contributed by atoms with Gasteiger partial charge in [0, 0.05) is 18.8 Å². The van der Waals surface area contributed by atoms with Gasteiger partial charge in [-0.05, 0) is 43.9 Å². The summed E-state index contributed by atoms with van der Waals surface area (Å²) in [6.07, 6.45) is 2.63. The van der Waals surface area contributed by atoms with Gasteiger partial charge in [0.05, 0.1) is 5.56 Å². The van der Waals surface area contributed by atoms with Gasteiger partial charge in [0.15, 0.2) is 0 Å². The number of rotatable bonds is 5. The van der Waals surface area contributed by atoms with Gasteiger partial charge in [0.2, 0.25) is 0 Å². The molecule has 1 aliphatic carbocycles. The molecule has 2 rings (SSSR count). The first-order valence-electron chi connectivity index (χ1n) is 5.79. The monoisotopic (exact) mass is 219 g/mol. The maximum absolute atomic E-state index is 10.9. The van der Waals surface area contributed by atoms with Crippen molar-refractivity contribution in [1.29, 1.82) is 0 Å². The number of carbonyl (C=O) groups is 1. The molecule has 0 heterocycles. The van der Waals surface area contributed by atoms with Crippen LogP contribution in [-0.2, 0) is 0 Å². The quantitative estimate of drug-likeness (QED) is 0.827. The average Bonchev–Trinajstić information content (AvgIpc) is 3.10. The first kappa shape index (κ1) is 11.0. The first-order valence-corrected chi connectivity index (χ1v) is 5.79. The van der Waals surface area contributed by atoms with Crippen molar-refractivity contribution in [1.82, 2.24) is 0 Å². The van der Waals surface area contributed by atoms with Gasteiger partial charge in [-0.25, -0.2) is 4.79 Å². The van der Waals surface area contributed by atoms with E-state index in [0.717, 1.165) is 24.7 Å². The molecule has 1 saturated carbocycles. The summed E-state index contributed by atoms with van der Waals surface area (Å²) in [7, 11) is 0. The number of anilines is 1. The SMILES string of the molecule is CCN(CC1CC1)c1cccc(C(=O)O)c1. The van der Waals surface area contributed by atoms with E-state index >= 15 is 0 Å². The molecule has 0 amide bonds. The van der Waals surface area contributed by atoms with Gasteiger partial charge in [0.25, 0.3) is 0 Å². The predicted octanol–water partition coefficient (Wildman–Crippen LogP) is 2.62. The summed E-state index contributed by atoms with van der Waals surface area (Å²) in [6, 6.07) is 7.19. The number of hydrogen-bond donors (Lipinski definition) is 1. The number of nitrogens with zero attached hydrogens (tertiary/aromatic N) is 1. The summed E-state index contributed by atoms with van der Waals surface area (Å²) in [6.45, 7) is 4.09. The second kappa shape index (κ2) is 4.56. The lowest BCUT2D eigenvalue weighted by atomic mass is 10.2. The van der Waals surface area contributed by atoms with E-state index in [0.29, 0.717) is 5.56 Å². The van der Waals surface area contributed by atoms with Crippen LogP contribution in [0, 0.1) is 5.92 Å². The minimum absolute atomic E-state index is 0.367. The van der Waals surface area contributed by atoms with Crippen LogP contribution in [0.15, 0.2) is 24.3 Å². The van der Waals surface area contributed by atoms with Crippen molar-refractivity contribution >= 4 is 11.7 Å². The molecule has 86 valence electrons. The zero-order valence-corrected chi connectivity index (χ0v) is 9.52. The number of carboxylic acids is 1. The van der Waals surface area contributed by atoms with Gasteiger partial charge in [-0.1, -0.05) is 6.07 Å². The Morgan fingerprint density at radius 3 is 2.81 bits per heavy atom. The van der Waals surface area contributed by atoms with E-state index in [-0.39, 0.29) is 0 Å². The fourth-order valence-electron chi connectivity index (χ4n) is 1.86. The summed E-state index contributed by atoms with van der Waals surface area (Å²) >= 11 is 0. The molecule has 0 atom stereocenters. The molecule has 1 aromatic rings. The molecule has 0 aromatic heterocycles. The third-order valence-electron chi connectivity index (χ3n) is 3.02. The van der Waals surface area contributed by atoms with E-state index < -0.39 is 5.97 Å². The molecule has 0 spiro atoms. The Hall–Kier alpha value is -1.51. The van der Waals surface area contributed by atoms with Crippen LogP contribution in [0.4, 0.5) is 5.69 Å². The lowest BCUT2D eigenvalue weighted by molar-refractivity contribution is 0.0697. The zero-order valence-electron chi connectivity index (χ0n) is 9.52. The molecule has 0 radical (unpaired) electrons. The van der Waals surface area contributed by atoms with E-state index in [9.17, 15) is 4.79 Å². The van der Waals surface area contributed by atoms with E-state index in [1.165, 1.54) is 12.8 Å². The minimum atomic E-state index is -0.857. The van der Waals surface area contributed by atoms with E-state index in [1.807, 2.05) is 12.1 Å². The summed E-state index contributed by atoms with van der Waals surface area (Å²) in [5.74, 6) is -0.0437. The second-order valence-corrected chi connectivity index (χ2v) is 4.34. The van der Waals surface area contributed by atoms with Crippen LogP contribution in [0.1, 0.15) is 30.1 Å². The van der Waals surface area contributed by atoms with Gasteiger partial charge >= 0.3 is 5.97 Å². The van der Waals surface area contributed by atoms with E-state index in [2.05, 4.69) is 11.8 Å². The Morgan fingerprint density at radius 2 is 2.25 bits per heavy atom. The lowest BCUT2D eigenvalue weighted by Crippen LogP contribution is -2.25. The molecule has 1 N–H and O–H groups in total. The zero-order chi connectivity index (χ0) is 11.5. The molecule has 0 saturated heterocycles. The van der Waals surface area contributed by atoms with Crippen LogP contribution < -0.4 is 4.90 Å². The van der Waals surface area contributed by atoms with Crippen molar-refractivity contribution in [2.24, 2.45) is 5.92 Å². The first-order chi connectivity index (χ1) is 7.70. The molecule has 16 heavy (non-hydrogen) atoms. The molecular weight excluding hydrogens is 202 g/mol. The van der Waals surface area contributed by atoms with Crippen LogP contribution in [0.3, 0.4) is 0 Å². The van der Waals surface area contributed by atoms with Gasteiger partial charge in [0.1, 0.15) is 0 Å². The third-order valence-corrected chi connectivity index (χ3v) is 3.02. The van der Waals surface area contributed by atoms with Gasteiger partial charge in [-0.3, -0.25) is 0 Å². The maximum atomic E-state index is 10.9. The van der Waals surface area contributed by atoms with Crippen LogP contribution in [-0.4, -0.2) is 24.2 Å². The van der Waals surface area contributed by atoms with Crippen molar-refractivity contribution < 1.29 is 9.90 Å². The third kappa shape index (κ3) is 2.54. The second-order valence-electron chi connectivity index (χ2n) is 4.34. The summed E-state index contributed by atoms with van der Waals surface area (Å²) in [5, 5.41) is 8.94. The van der Waals surface area contributed by atoms with Gasteiger partial charge < -0.3 is 10.0 Å². The summed E-state index contributed by atoms with van der Waals surface area (Å²) in [4.78, 5) is 13.1. The smallest absolute Gasteiger partial charge is 0.335 e. The topological polar surface area (TPSA) is 40.5 Å². The predicted molar refractivity (Wildman–Crippen MR) is 64.0 cm³/mol. The highest BCUT2D eigenvalue weighted by atomic mass is 16.4. The molecule has 1 aliphatic rings. The normalized spacial score (nSPS) is 14.8. The highest BCUT2D eigenvalue weighted by Crippen LogP contribution is 2.31. The van der Waals surface area contributed by atoms with Gasteiger partial charge in [-0.2, -0.15) is 0 Å². The minimum Gasteiger partial charge on any atom is -0.478 e. The fraction of sp³-hybridized carbons (Fsp3) is 0.462.